The summed E-state index contributed by atoms with van der Waals surface area (Å²) < 4.78 is 0. The number of benzene rings is 1. The van der Waals surface area contributed by atoms with E-state index in [2.05, 4.69) is 20.5 Å². The van der Waals surface area contributed by atoms with E-state index in [1.165, 1.54) is 6.08 Å². The minimum Gasteiger partial charge on any atom is -0.476 e. The van der Waals surface area contributed by atoms with Crippen LogP contribution in [0.5, 0.6) is 0 Å². The van der Waals surface area contributed by atoms with Crippen molar-refractivity contribution in [2.24, 2.45) is 5.10 Å². The average Bonchev–Trinajstić information content (AvgIpc) is 2.67. The Kier molecular flexibility index (Phi) is 1.94. The maximum Gasteiger partial charge on any atom is 0.356 e. The molecule has 17 heavy (non-hydrogen) atoms. The molecule has 3 N–H and O–H groups in total. The molecule has 0 aliphatic carbocycles. The smallest absolute Gasteiger partial charge is 0.356 e. The number of fused-ring (bicyclic) bond motifs is 3. The summed E-state index contributed by atoms with van der Waals surface area (Å²) in [6.45, 7) is 0. The van der Waals surface area contributed by atoms with Gasteiger partial charge in [0.25, 0.3) is 0 Å². The topological polar surface area (TPSA) is 90.4 Å². The summed E-state index contributed by atoms with van der Waals surface area (Å²) in [5.74, 6) is -1.07. The predicted octanol–water partition coefficient (Wildman–Crippen LogP) is 1.44. The van der Waals surface area contributed by atoms with Crippen molar-refractivity contribution in [2.45, 2.75) is 0 Å². The second kappa shape index (κ2) is 3.44. The van der Waals surface area contributed by atoms with E-state index in [1.54, 1.807) is 12.4 Å². The molecule has 0 saturated carbocycles. The summed E-state index contributed by atoms with van der Waals surface area (Å²) in [5.41, 5.74) is 5.88. The summed E-state index contributed by atoms with van der Waals surface area (Å²) in [7, 11) is 0. The van der Waals surface area contributed by atoms with Gasteiger partial charge in [0.1, 0.15) is 5.52 Å². The Morgan fingerprint density at radius 1 is 1.29 bits per heavy atom. The molecular formula is C11H8N4O2. The van der Waals surface area contributed by atoms with Gasteiger partial charge in [-0.3, -0.25) is 5.43 Å². The number of carbonyl (C=O) groups is 1. The SMILES string of the molecule is O=C(O)C1=NNc2c(ccc3[nH]cnc23)C=C1. The molecule has 2 aromatic rings. The van der Waals surface area contributed by atoms with Gasteiger partial charge < -0.3 is 10.1 Å². The predicted molar refractivity (Wildman–Crippen MR) is 63.8 cm³/mol. The number of hydrogen-bond donors (Lipinski definition) is 3. The summed E-state index contributed by atoms with van der Waals surface area (Å²) in [6.07, 6.45) is 4.75. The van der Waals surface area contributed by atoms with Gasteiger partial charge in [0.15, 0.2) is 5.71 Å². The van der Waals surface area contributed by atoms with Crippen molar-refractivity contribution in [1.29, 1.82) is 0 Å². The number of hydrazone groups is 1. The molecule has 3 rings (SSSR count). The largest absolute Gasteiger partial charge is 0.476 e. The van der Waals surface area contributed by atoms with Gasteiger partial charge in [-0.2, -0.15) is 5.10 Å². The maximum atomic E-state index is 10.8. The van der Waals surface area contributed by atoms with Crippen LogP contribution in [-0.2, 0) is 4.79 Å². The van der Waals surface area contributed by atoms with E-state index >= 15 is 0 Å². The van der Waals surface area contributed by atoms with Crippen LogP contribution in [0, 0.1) is 0 Å². The Bertz CT molecular complexity index is 669. The van der Waals surface area contributed by atoms with Crippen LogP contribution in [0.2, 0.25) is 0 Å². The van der Waals surface area contributed by atoms with E-state index in [4.69, 9.17) is 5.11 Å². The highest BCUT2D eigenvalue weighted by Gasteiger charge is 2.13. The quantitative estimate of drug-likeness (QED) is 0.688. The molecule has 0 amide bonds. The Hall–Kier alpha value is -2.63. The van der Waals surface area contributed by atoms with E-state index in [0.29, 0.717) is 5.69 Å². The van der Waals surface area contributed by atoms with Crippen molar-refractivity contribution < 1.29 is 9.90 Å². The third-order valence-electron chi connectivity index (χ3n) is 2.55. The summed E-state index contributed by atoms with van der Waals surface area (Å²) in [6, 6.07) is 3.76. The number of aliphatic carboxylic acids is 1. The van der Waals surface area contributed by atoms with Crippen LogP contribution >= 0.6 is 0 Å². The van der Waals surface area contributed by atoms with Gasteiger partial charge in [0.05, 0.1) is 17.5 Å². The van der Waals surface area contributed by atoms with Crippen LogP contribution in [0.1, 0.15) is 5.56 Å². The molecule has 2 heterocycles. The van der Waals surface area contributed by atoms with Crippen molar-refractivity contribution in [1.82, 2.24) is 9.97 Å². The monoisotopic (exact) mass is 228 g/mol. The van der Waals surface area contributed by atoms with E-state index in [1.807, 2.05) is 12.1 Å². The highest BCUT2D eigenvalue weighted by molar-refractivity contribution is 6.41. The standard InChI is InChI=1S/C11H8N4O2/c16-11(17)8-4-2-6-1-3-7-10(13-5-12-7)9(6)15-14-8/h1-5,15H,(H,12,13)(H,16,17). The number of nitrogens with one attached hydrogen (secondary N) is 2. The first-order valence-corrected chi connectivity index (χ1v) is 4.97. The van der Waals surface area contributed by atoms with Crippen LogP contribution < -0.4 is 5.43 Å². The van der Waals surface area contributed by atoms with Gasteiger partial charge in [-0.1, -0.05) is 12.1 Å². The van der Waals surface area contributed by atoms with Crippen LogP contribution in [-0.4, -0.2) is 26.8 Å². The van der Waals surface area contributed by atoms with E-state index in [0.717, 1.165) is 16.6 Å². The first-order chi connectivity index (χ1) is 8.25. The van der Waals surface area contributed by atoms with Gasteiger partial charge in [-0.15, -0.1) is 0 Å². The number of imidazole rings is 1. The zero-order valence-corrected chi connectivity index (χ0v) is 8.64. The van der Waals surface area contributed by atoms with Gasteiger partial charge in [-0.05, 0) is 12.1 Å². The third-order valence-corrected chi connectivity index (χ3v) is 2.55. The number of carboxylic acid groups (broad SMARTS) is 1. The number of hydrogen-bond acceptors (Lipinski definition) is 4. The zero-order valence-electron chi connectivity index (χ0n) is 8.64. The highest BCUT2D eigenvalue weighted by atomic mass is 16.4. The molecule has 0 atom stereocenters. The molecule has 0 saturated heterocycles. The molecule has 0 fully saturated rings. The Morgan fingerprint density at radius 2 is 2.18 bits per heavy atom. The minimum absolute atomic E-state index is 0.0371. The number of carboxylic acids is 1. The number of aromatic nitrogens is 2. The maximum absolute atomic E-state index is 10.8. The fourth-order valence-electron chi connectivity index (χ4n) is 1.72. The lowest BCUT2D eigenvalue weighted by atomic mass is 10.1. The van der Waals surface area contributed by atoms with Crippen LogP contribution in [0.25, 0.3) is 17.1 Å². The molecule has 0 radical (unpaired) electrons. The number of aromatic amines is 1. The van der Waals surface area contributed by atoms with Crippen molar-refractivity contribution in [3.63, 3.8) is 0 Å². The van der Waals surface area contributed by atoms with E-state index < -0.39 is 5.97 Å². The fourth-order valence-corrected chi connectivity index (χ4v) is 1.72. The molecular weight excluding hydrogens is 220 g/mol. The Morgan fingerprint density at radius 3 is 3.00 bits per heavy atom. The second-order valence-corrected chi connectivity index (χ2v) is 3.58. The number of H-pyrrole nitrogens is 1. The first-order valence-electron chi connectivity index (χ1n) is 4.97. The normalized spacial score (nSPS) is 13.8. The molecule has 6 heteroatoms. The number of rotatable bonds is 1. The first kappa shape index (κ1) is 9.59. The molecule has 1 aromatic carbocycles. The lowest BCUT2D eigenvalue weighted by molar-refractivity contribution is -0.129. The summed E-state index contributed by atoms with van der Waals surface area (Å²) in [4.78, 5) is 18.0. The lowest BCUT2D eigenvalue weighted by Gasteiger charge is -2.04. The molecule has 0 bridgehead atoms. The van der Waals surface area contributed by atoms with Crippen LogP contribution in [0.15, 0.2) is 29.6 Å². The summed E-state index contributed by atoms with van der Waals surface area (Å²) in [5, 5.41) is 12.7. The molecule has 1 aliphatic heterocycles. The highest BCUT2D eigenvalue weighted by Crippen LogP contribution is 2.27. The summed E-state index contributed by atoms with van der Waals surface area (Å²) >= 11 is 0. The van der Waals surface area contributed by atoms with Gasteiger partial charge >= 0.3 is 5.97 Å². The van der Waals surface area contributed by atoms with Crippen molar-refractivity contribution in [3.8, 4) is 0 Å². The fraction of sp³-hybridized carbons (Fsp3) is 0. The van der Waals surface area contributed by atoms with Gasteiger partial charge in [0.2, 0.25) is 0 Å². The van der Waals surface area contributed by atoms with Crippen molar-refractivity contribution in [3.05, 3.63) is 30.1 Å². The molecule has 6 nitrogen and oxygen atoms in total. The van der Waals surface area contributed by atoms with E-state index in [-0.39, 0.29) is 5.71 Å². The third kappa shape index (κ3) is 1.46. The van der Waals surface area contributed by atoms with Crippen LogP contribution in [0.4, 0.5) is 5.69 Å². The molecule has 1 aromatic heterocycles. The number of anilines is 1. The molecule has 0 unspecified atom stereocenters. The Balaban J connectivity index is 2.19. The average molecular weight is 228 g/mol. The lowest BCUT2D eigenvalue weighted by Crippen LogP contribution is -2.10. The molecule has 1 aliphatic rings. The van der Waals surface area contributed by atoms with E-state index in [9.17, 15) is 4.79 Å². The minimum atomic E-state index is -1.07. The van der Waals surface area contributed by atoms with Crippen LogP contribution in [0.3, 0.4) is 0 Å². The van der Waals surface area contributed by atoms with Crippen molar-refractivity contribution in [2.75, 3.05) is 5.43 Å². The molecule has 0 spiro atoms. The van der Waals surface area contributed by atoms with Gasteiger partial charge in [-0.25, -0.2) is 9.78 Å². The second-order valence-electron chi connectivity index (χ2n) is 3.58. The van der Waals surface area contributed by atoms with Crippen molar-refractivity contribution >= 4 is 34.5 Å². The van der Waals surface area contributed by atoms with Gasteiger partial charge in [0, 0.05) is 5.56 Å². The zero-order chi connectivity index (χ0) is 11.8. The Labute approximate surface area is 95.7 Å². The molecule has 84 valence electrons. The number of nitrogens with zero attached hydrogens (tertiary/aromatic N) is 2.